The first-order valence-corrected chi connectivity index (χ1v) is 6.22. The summed E-state index contributed by atoms with van der Waals surface area (Å²) >= 11 is 0. The van der Waals surface area contributed by atoms with Crippen LogP contribution in [-0.2, 0) is 0 Å². The van der Waals surface area contributed by atoms with Crippen molar-refractivity contribution in [3.05, 3.63) is 23.4 Å². The Hall–Kier alpha value is -1.62. The maximum atomic E-state index is 10.9. The molecule has 0 spiro atoms. The number of aromatic nitrogens is 1. The van der Waals surface area contributed by atoms with Crippen molar-refractivity contribution in [3.8, 4) is 5.88 Å². The predicted molar refractivity (Wildman–Crippen MR) is 67.1 cm³/mol. The molecule has 0 radical (unpaired) electrons. The predicted octanol–water partition coefficient (Wildman–Crippen LogP) is 1.56. The molecule has 1 aliphatic rings. The highest BCUT2D eigenvalue weighted by atomic mass is 16.5. The van der Waals surface area contributed by atoms with Gasteiger partial charge in [-0.15, -0.1) is 0 Å². The number of hydrogen-bond acceptors (Lipinski definition) is 4. The van der Waals surface area contributed by atoms with Crippen LogP contribution in [0.15, 0.2) is 12.1 Å². The third-order valence-corrected chi connectivity index (χ3v) is 3.03. The zero-order valence-corrected chi connectivity index (χ0v) is 10.6. The lowest BCUT2D eigenvalue weighted by Gasteiger charge is -2.14. The first-order chi connectivity index (χ1) is 8.65. The largest absolute Gasteiger partial charge is 0.478 e. The molecule has 1 N–H and O–H groups in total. The van der Waals surface area contributed by atoms with Crippen LogP contribution in [0.2, 0.25) is 0 Å². The minimum atomic E-state index is -0.954. The minimum Gasteiger partial charge on any atom is -0.478 e. The van der Waals surface area contributed by atoms with Gasteiger partial charge in [-0.2, -0.15) is 0 Å². The molecule has 1 aliphatic heterocycles. The fourth-order valence-corrected chi connectivity index (χ4v) is 2.12. The first-order valence-electron chi connectivity index (χ1n) is 6.22. The third kappa shape index (κ3) is 3.43. The lowest BCUT2D eigenvalue weighted by atomic mass is 10.2. The maximum Gasteiger partial charge on any atom is 0.335 e. The minimum absolute atomic E-state index is 0.221. The molecule has 1 saturated heterocycles. The molecule has 1 aromatic rings. The van der Waals surface area contributed by atoms with Crippen LogP contribution in [0.5, 0.6) is 5.88 Å². The van der Waals surface area contributed by atoms with E-state index in [1.165, 1.54) is 25.0 Å². The van der Waals surface area contributed by atoms with Crippen LogP contribution in [0.4, 0.5) is 0 Å². The Bertz CT molecular complexity index is 428. The van der Waals surface area contributed by atoms with E-state index in [0.717, 1.165) is 19.6 Å². The number of likely N-dealkylation sites (tertiary alicyclic amines) is 1. The summed E-state index contributed by atoms with van der Waals surface area (Å²) in [5.74, 6) is -0.559. The molecule has 0 unspecified atom stereocenters. The molecule has 0 aromatic carbocycles. The van der Waals surface area contributed by atoms with Gasteiger partial charge < -0.3 is 9.84 Å². The number of carboxylic acid groups (broad SMARTS) is 1. The van der Waals surface area contributed by atoms with Gasteiger partial charge in [-0.3, -0.25) is 4.90 Å². The smallest absolute Gasteiger partial charge is 0.335 e. The number of nitrogens with zero attached hydrogens (tertiary/aromatic N) is 2. The zero-order chi connectivity index (χ0) is 13.0. The highest BCUT2D eigenvalue weighted by Gasteiger charge is 2.12. The lowest BCUT2D eigenvalue weighted by molar-refractivity contribution is 0.0696. The highest BCUT2D eigenvalue weighted by Crippen LogP contribution is 2.13. The van der Waals surface area contributed by atoms with Crippen molar-refractivity contribution in [1.82, 2.24) is 9.88 Å². The monoisotopic (exact) mass is 250 g/mol. The van der Waals surface area contributed by atoms with Crippen LogP contribution >= 0.6 is 0 Å². The van der Waals surface area contributed by atoms with Gasteiger partial charge in [0.05, 0.1) is 5.56 Å². The molecule has 18 heavy (non-hydrogen) atoms. The van der Waals surface area contributed by atoms with Gasteiger partial charge in [-0.05, 0) is 38.9 Å². The van der Waals surface area contributed by atoms with Gasteiger partial charge in [-0.25, -0.2) is 9.78 Å². The normalized spacial score (nSPS) is 15.8. The number of hydrogen-bond donors (Lipinski definition) is 1. The van der Waals surface area contributed by atoms with E-state index in [2.05, 4.69) is 9.88 Å². The summed E-state index contributed by atoms with van der Waals surface area (Å²) in [4.78, 5) is 17.4. The van der Waals surface area contributed by atoms with Crippen LogP contribution in [-0.4, -0.2) is 47.2 Å². The molecule has 0 saturated carbocycles. The summed E-state index contributed by atoms with van der Waals surface area (Å²) in [5, 5.41) is 8.94. The SMILES string of the molecule is Cc1cc(C(=O)O)cc(OCCN2CCCC2)n1. The van der Waals surface area contributed by atoms with Gasteiger partial charge >= 0.3 is 5.97 Å². The molecule has 0 bridgehead atoms. The van der Waals surface area contributed by atoms with Gasteiger partial charge in [0.1, 0.15) is 6.61 Å². The van der Waals surface area contributed by atoms with Crippen molar-refractivity contribution in [1.29, 1.82) is 0 Å². The molecular formula is C13H18N2O3. The molecule has 1 fully saturated rings. The van der Waals surface area contributed by atoms with Crippen molar-refractivity contribution in [2.45, 2.75) is 19.8 Å². The molecule has 98 valence electrons. The number of ether oxygens (including phenoxy) is 1. The molecule has 0 aliphatic carbocycles. The second-order valence-electron chi connectivity index (χ2n) is 4.54. The Balaban J connectivity index is 1.89. The summed E-state index contributed by atoms with van der Waals surface area (Å²) in [6.45, 7) is 5.45. The van der Waals surface area contributed by atoms with E-state index in [1.54, 1.807) is 6.92 Å². The van der Waals surface area contributed by atoms with Crippen LogP contribution in [0.3, 0.4) is 0 Å². The molecule has 5 nitrogen and oxygen atoms in total. The second-order valence-corrected chi connectivity index (χ2v) is 4.54. The van der Waals surface area contributed by atoms with Crippen molar-refractivity contribution in [2.24, 2.45) is 0 Å². The fraction of sp³-hybridized carbons (Fsp3) is 0.538. The van der Waals surface area contributed by atoms with E-state index in [4.69, 9.17) is 9.84 Å². The summed E-state index contributed by atoms with van der Waals surface area (Å²) in [5.41, 5.74) is 0.879. The van der Waals surface area contributed by atoms with E-state index in [1.807, 2.05) is 0 Å². The van der Waals surface area contributed by atoms with Gasteiger partial charge in [-0.1, -0.05) is 0 Å². The fourth-order valence-electron chi connectivity index (χ4n) is 2.12. The summed E-state index contributed by atoms with van der Waals surface area (Å²) in [7, 11) is 0. The van der Waals surface area contributed by atoms with E-state index in [-0.39, 0.29) is 5.56 Å². The molecule has 0 atom stereocenters. The first kappa shape index (κ1) is 12.8. The van der Waals surface area contributed by atoms with Crippen molar-refractivity contribution in [3.63, 3.8) is 0 Å². The summed E-state index contributed by atoms with van der Waals surface area (Å²) in [6.07, 6.45) is 2.51. The van der Waals surface area contributed by atoms with Crippen molar-refractivity contribution >= 4 is 5.97 Å². The molecule has 5 heteroatoms. The van der Waals surface area contributed by atoms with Crippen LogP contribution < -0.4 is 4.74 Å². The zero-order valence-electron chi connectivity index (χ0n) is 10.6. The van der Waals surface area contributed by atoms with E-state index in [9.17, 15) is 4.79 Å². The van der Waals surface area contributed by atoms with Gasteiger partial charge in [0.2, 0.25) is 5.88 Å². The number of pyridine rings is 1. The second kappa shape index (κ2) is 5.82. The molecule has 0 amide bonds. The summed E-state index contributed by atoms with van der Waals surface area (Å²) < 4.78 is 5.52. The highest BCUT2D eigenvalue weighted by molar-refractivity contribution is 5.87. The number of rotatable bonds is 5. The van der Waals surface area contributed by atoms with Crippen molar-refractivity contribution in [2.75, 3.05) is 26.2 Å². The summed E-state index contributed by atoms with van der Waals surface area (Å²) in [6, 6.07) is 3.01. The quantitative estimate of drug-likeness (QED) is 0.859. The number of aryl methyl sites for hydroxylation is 1. The molecular weight excluding hydrogens is 232 g/mol. The average molecular weight is 250 g/mol. The average Bonchev–Trinajstić information content (AvgIpc) is 2.81. The van der Waals surface area contributed by atoms with E-state index < -0.39 is 5.97 Å². The lowest BCUT2D eigenvalue weighted by Crippen LogP contribution is -2.25. The Morgan fingerprint density at radius 2 is 2.17 bits per heavy atom. The Morgan fingerprint density at radius 1 is 1.44 bits per heavy atom. The van der Waals surface area contributed by atoms with Crippen LogP contribution in [0.25, 0.3) is 0 Å². The number of aromatic carboxylic acids is 1. The van der Waals surface area contributed by atoms with Crippen LogP contribution in [0.1, 0.15) is 28.9 Å². The third-order valence-electron chi connectivity index (χ3n) is 3.03. The Kier molecular flexibility index (Phi) is 4.15. The number of carboxylic acids is 1. The standard InChI is InChI=1S/C13H18N2O3/c1-10-8-11(13(16)17)9-12(14-10)18-7-6-15-4-2-3-5-15/h8-9H,2-7H2,1H3,(H,16,17). The van der Waals surface area contributed by atoms with Crippen molar-refractivity contribution < 1.29 is 14.6 Å². The van der Waals surface area contributed by atoms with E-state index >= 15 is 0 Å². The molecule has 2 heterocycles. The molecule has 1 aromatic heterocycles. The van der Waals surface area contributed by atoms with Crippen LogP contribution in [0, 0.1) is 6.92 Å². The topological polar surface area (TPSA) is 62.7 Å². The van der Waals surface area contributed by atoms with Gasteiger partial charge in [0.25, 0.3) is 0 Å². The van der Waals surface area contributed by atoms with Gasteiger partial charge in [0.15, 0.2) is 0 Å². The number of carbonyl (C=O) groups is 1. The van der Waals surface area contributed by atoms with Gasteiger partial charge in [0, 0.05) is 18.3 Å². The maximum absolute atomic E-state index is 10.9. The Labute approximate surface area is 106 Å². The van der Waals surface area contributed by atoms with E-state index in [0.29, 0.717) is 18.2 Å². The Morgan fingerprint density at radius 3 is 2.83 bits per heavy atom. The molecule has 2 rings (SSSR count).